The Balaban J connectivity index is 2.50. The Morgan fingerprint density at radius 2 is 2.12 bits per heavy atom. The average Bonchev–Trinajstić information content (AvgIpc) is 2.34. The first kappa shape index (κ1) is 14.2. The second kappa shape index (κ2) is 7.45. The molecule has 1 aromatic carbocycles. The molecule has 0 aromatic heterocycles. The second-order valence-electron chi connectivity index (χ2n) is 3.97. The Morgan fingerprint density at radius 3 is 2.71 bits per heavy atom. The van der Waals surface area contributed by atoms with Crippen molar-refractivity contribution in [3.63, 3.8) is 0 Å². The van der Waals surface area contributed by atoms with Crippen molar-refractivity contribution in [2.75, 3.05) is 13.6 Å². The van der Waals surface area contributed by atoms with Crippen molar-refractivity contribution in [3.05, 3.63) is 34.3 Å². The number of nitrogens with one attached hydrogen (secondary N) is 2. The Hall–Kier alpha value is -0.870. The average molecular weight is 299 g/mol. The SMILES string of the molecule is CCC(CNC)C(=O)NCc1ccccc1Br. The van der Waals surface area contributed by atoms with Crippen molar-refractivity contribution in [1.29, 1.82) is 0 Å². The number of carbonyl (C=O) groups excluding carboxylic acids is 1. The Morgan fingerprint density at radius 1 is 1.41 bits per heavy atom. The molecule has 1 atom stereocenters. The highest BCUT2D eigenvalue weighted by Crippen LogP contribution is 2.15. The molecule has 0 spiro atoms. The van der Waals surface area contributed by atoms with Crippen LogP contribution in [0.1, 0.15) is 18.9 Å². The molecule has 0 saturated heterocycles. The van der Waals surface area contributed by atoms with Gasteiger partial charge in [-0.15, -0.1) is 0 Å². The monoisotopic (exact) mass is 298 g/mol. The molecule has 0 heterocycles. The minimum Gasteiger partial charge on any atom is -0.352 e. The molecule has 0 aliphatic heterocycles. The predicted molar refractivity (Wildman–Crippen MR) is 73.7 cm³/mol. The summed E-state index contributed by atoms with van der Waals surface area (Å²) in [6, 6.07) is 7.91. The smallest absolute Gasteiger partial charge is 0.224 e. The fraction of sp³-hybridized carbons (Fsp3) is 0.462. The molecule has 3 nitrogen and oxygen atoms in total. The number of benzene rings is 1. The normalized spacial score (nSPS) is 12.2. The number of hydrogen-bond donors (Lipinski definition) is 2. The summed E-state index contributed by atoms with van der Waals surface area (Å²) in [7, 11) is 1.86. The van der Waals surface area contributed by atoms with Crippen LogP contribution in [0.4, 0.5) is 0 Å². The van der Waals surface area contributed by atoms with E-state index < -0.39 is 0 Å². The highest BCUT2D eigenvalue weighted by molar-refractivity contribution is 9.10. The Kier molecular flexibility index (Phi) is 6.22. The number of hydrogen-bond acceptors (Lipinski definition) is 2. The molecule has 4 heteroatoms. The third-order valence-corrected chi connectivity index (χ3v) is 3.50. The minimum atomic E-state index is 0.0440. The van der Waals surface area contributed by atoms with Gasteiger partial charge in [-0.1, -0.05) is 41.1 Å². The van der Waals surface area contributed by atoms with Crippen molar-refractivity contribution in [3.8, 4) is 0 Å². The zero-order valence-electron chi connectivity index (χ0n) is 10.3. The lowest BCUT2D eigenvalue weighted by Crippen LogP contribution is -2.35. The number of amides is 1. The van der Waals surface area contributed by atoms with Crippen LogP contribution >= 0.6 is 15.9 Å². The minimum absolute atomic E-state index is 0.0440. The summed E-state index contributed by atoms with van der Waals surface area (Å²) in [5.41, 5.74) is 1.10. The lowest BCUT2D eigenvalue weighted by molar-refractivity contribution is -0.125. The number of rotatable bonds is 6. The summed E-state index contributed by atoms with van der Waals surface area (Å²) in [4.78, 5) is 11.9. The van der Waals surface area contributed by atoms with Crippen molar-refractivity contribution < 1.29 is 4.79 Å². The van der Waals surface area contributed by atoms with Gasteiger partial charge in [-0.05, 0) is 25.1 Å². The van der Waals surface area contributed by atoms with Gasteiger partial charge in [-0.25, -0.2) is 0 Å². The maximum absolute atomic E-state index is 11.9. The third-order valence-electron chi connectivity index (χ3n) is 2.73. The fourth-order valence-corrected chi connectivity index (χ4v) is 2.06. The summed E-state index contributed by atoms with van der Waals surface area (Å²) in [5.74, 6) is 0.153. The van der Waals surface area contributed by atoms with E-state index in [9.17, 15) is 4.79 Å². The van der Waals surface area contributed by atoms with Crippen LogP contribution in [-0.4, -0.2) is 19.5 Å². The van der Waals surface area contributed by atoms with Gasteiger partial charge in [-0.2, -0.15) is 0 Å². The van der Waals surface area contributed by atoms with E-state index in [-0.39, 0.29) is 11.8 Å². The molecule has 0 saturated carbocycles. The van der Waals surface area contributed by atoms with E-state index in [1.807, 2.05) is 38.2 Å². The van der Waals surface area contributed by atoms with E-state index in [0.29, 0.717) is 6.54 Å². The first-order chi connectivity index (χ1) is 8.19. The van der Waals surface area contributed by atoms with Gasteiger partial charge in [0, 0.05) is 17.6 Å². The zero-order chi connectivity index (χ0) is 12.7. The van der Waals surface area contributed by atoms with Crippen molar-refractivity contribution in [1.82, 2.24) is 10.6 Å². The van der Waals surface area contributed by atoms with Crippen molar-refractivity contribution in [2.45, 2.75) is 19.9 Å². The summed E-state index contributed by atoms with van der Waals surface area (Å²) < 4.78 is 1.03. The lowest BCUT2D eigenvalue weighted by Gasteiger charge is -2.14. The topological polar surface area (TPSA) is 41.1 Å². The highest BCUT2D eigenvalue weighted by atomic mass is 79.9. The standard InChI is InChI=1S/C13H19BrN2O/c1-3-10(8-15-2)13(17)16-9-11-6-4-5-7-12(11)14/h4-7,10,15H,3,8-9H2,1-2H3,(H,16,17). The summed E-state index contributed by atoms with van der Waals surface area (Å²) in [6.45, 7) is 3.32. The van der Waals surface area contributed by atoms with Crippen LogP contribution in [-0.2, 0) is 11.3 Å². The van der Waals surface area contributed by atoms with E-state index in [4.69, 9.17) is 0 Å². The molecule has 1 rings (SSSR count). The van der Waals surface area contributed by atoms with Crippen LogP contribution in [0.25, 0.3) is 0 Å². The van der Waals surface area contributed by atoms with Crippen LogP contribution in [0.5, 0.6) is 0 Å². The number of carbonyl (C=O) groups is 1. The molecule has 2 N–H and O–H groups in total. The van der Waals surface area contributed by atoms with Gasteiger partial charge >= 0.3 is 0 Å². The summed E-state index contributed by atoms with van der Waals surface area (Å²) in [5, 5.41) is 6.01. The van der Waals surface area contributed by atoms with Crippen molar-refractivity contribution >= 4 is 21.8 Å². The van der Waals surface area contributed by atoms with Crippen LogP contribution in [0.2, 0.25) is 0 Å². The van der Waals surface area contributed by atoms with Gasteiger partial charge < -0.3 is 10.6 Å². The maximum atomic E-state index is 11.9. The van der Waals surface area contributed by atoms with E-state index in [1.165, 1.54) is 0 Å². The van der Waals surface area contributed by atoms with Gasteiger partial charge in [0.2, 0.25) is 5.91 Å². The molecule has 0 aliphatic carbocycles. The van der Waals surface area contributed by atoms with Crippen LogP contribution in [0.3, 0.4) is 0 Å². The molecule has 94 valence electrons. The quantitative estimate of drug-likeness (QED) is 0.846. The maximum Gasteiger partial charge on any atom is 0.224 e. The van der Waals surface area contributed by atoms with Gasteiger partial charge in [0.1, 0.15) is 0 Å². The van der Waals surface area contributed by atoms with Crippen LogP contribution < -0.4 is 10.6 Å². The highest BCUT2D eigenvalue weighted by Gasteiger charge is 2.14. The third kappa shape index (κ3) is 4.48. The molecule has 1 unspecified atom stereocenters. The van der Waals surface area contributed by atoms with Gasteiger partial charge in [0.25, 0.3) is 0 Å². The first-order valence-corrected chi connectivity index (χ1v) is 6.64. The molecule has 0 radical (unpaired) electrons. The molecule has 1 amide bonds. The largest absolute Gasteiger partial charge is 0.352 e. The van der Waals surface area contributed by atoms with E-state index in [0.717, 1.165) is 23.0 Å². The summed E-state index contributed by atoms with van der Waals surface area (Å²) >= 11 is 3.47. The molecular weight excluding hydrogens is 280 g/mol. The zero-order valence-corrected chi connectivity index (χ0v) is 11.9. The molecular formula is C13H19BrN2O. The lowest BCUT2D eigenvalue weighted by atomic mass is 10.1. The second-order valence-corrected chi connectivity index (χ2v) is 4.83. The molecule has 0 fully saturated rings. The molecule has 0 bridgehead atoms. The first-order valence-electron chi connectivity index (χ1n) is 5.84. The van der Waals surface area contributed by atoms with E-state index in [1.54, 1.807) is 0 Å². The molecule has 17 heavy (non-hydrogen) atoms. The van der Waals surface area contributed by atoms with Gasteiger partial charge in [0.05, 0.1) is 5.92 Å². The van der Waals surface area contributed by atoms with Gasteiger partial charge in [-0.3, -0.25) is 4.79 Å². The summed E-state index contributed by atoms with van der Waals surface area (Å²) in [6.07, 6.45) is 0.850. The van der Waals surface area contributed by atoms with E-state index in [2.05, 4.69) is 26.6 Å². The van der Waals surface area contributed by atoms with Crippen LogP contribution in [0.15, 0.2) is 28.7 Å². The van der Waals surface area contributed by atoms with Crippen molar-refractivity contribution in [2.24, 2.45) is 5.92 Å². The Labute approximate surface area is 111 Å². The van der Waals surface area contributed by atoms with Gasteiger partial charge in [0.15, 0.2) is 0 Å². The molecule has 0 aliphatic rings. The predicted octanol–water partition coefficient (Wildman–Crippen LogP) is 2.31. The van der Waals surface area contributed by atoms with Crippen LogP contribution in [0, 0.1) is 5.92 Å². The number of halogens is 1. The fourth-order valence-electron chi connectivity index (χ4n) is 1.64. The Bertz CT molecular complexity index is 368. The molecule has 1 aromatic rings. The van der Waals surface area contributed by atoms with E-state index >= 15 is 0 Å².